The van der Waals surface area contributed by atoms with Crippen LogP contribution in [0.4, 0.5) is 5.82 Å². The third-order valence-electron chi connectivity index (χ3n) is 2.72. The summed E-state index contributed by atoms with van der Waals surface area (Å²) in [6.45, 7) is 2.03. The number of nitrogens with two attached hydrogens (primary N) is 1. The number of nitrogens with zero attached hydrogens (tertiary/aromatic N) is 2. The van der Waals surface area contributed by atoms with Gasteiger partial charge in [0.2, 0.25) is 0 Å². The van der Waals surface area contributed by atoms with Crippen LogP contribution in [0.5, 0.6) is 0 Å². The lowest BCUT2D eigenvalue weighted by Gasteiger charge is -1.99. The van der Waals surface area contributed by atoms with Crippen molar-refractivity contribution in [1.29, 1.82) is 0 Å². The van der Waals surface area contributed by atoms with Gasteiger partial charge in [-0.3, -0.25) is 4.98 Å². The van der Waals surface area contributed by atoms with Crippen molar-refractivity contribution in [2.45, 2.75) is 6.92 Å². The summed E-state index contributed by atoms with van der Waals surface area (Å²) in [5.41, 5.74) is 8.57. The minimum absolute atomic E-state index is 0.357. The van der Waals surface area contributed by atoms with Gasteiger partial charge < -0.3 is 10.3 Å². The fraction of sp³-hybridized carbons (Fsp3) is 0.0769. The van der Waals surface area contributed by atoms with E-state index in [2.05, 4.69) is 26.1 Å². The number of halogens is 1. The first-order valence-corrected chi connectivity index (χ1v) is 7.20. The van der Waals surface area contributed by atoms with Crippen LogP contribution in [0.3, 0.4) is 0 Å². The number of rotatable bonds is 2. The van der Waals surface area contributed by atoms with Gasteiger partial charge in [-0.2, -0.15) is 0 Å². The Kier molecular flexibility index (Phi) is 3.12. The molecule has 4 nitrogen and oxygen atoms in total. The molecule has 0 spiro atoms. The smallest absolute Gasteiger partial charge is 0.188 e. The fourth-order valence-electron chi connectivity index (χ4n) is 1.80. The molecule has 0 aliphatic carbocycles. The third kappa shape index (κ3) is 2.17. The molecule has 0 aliphatic rings. The highest BCUT2D eigenvalue weighted by atomic mass is 79.9. The summed E-state index contributed by atoms with van der Waals surface area (Å²) in [6.07, 6.45) is 1.72. The molecule has 2 N–H and O–H groups in total. The van der Waals surface area contributed by atoms with E-state index < -0.39 is 0 Å². The maximum absolute atomic E-state index is 5.90. The van der Waals surface area contributed by atoms with Crippen molar-refractivity contribution in [3.05, 3.63) is 39.8 Å². The Morgan fingerprint density at radius 3 is 2.84 bits per heavy atom. The summed E-state index contributed by atoms with van der Waals surface area (Å²) in [4.78, 5) is 5.29. The first kappa shape index (κ1) is 12.4. The minimum Gasteiger partial charge on any atom is -0.380 e. The van der Waals surface area contributed by atoms with E-state index in [4.69, 9.17) is 10.3 Å². The SMILES string of the molecule is Cc1cc(-c2onc(N)c2-c2ccccn2)sc1Br. The molecule has 0 saturated carbocycles. The second-order valence-corrected chi connectivity index (χ2v) is 6.42. The molecule has 0 unspecified atom stereocenters. The molecule has 6 heteroatoms. The summed E-state index contributed by atoms with van der Waals surface area (Å²) in [5, 5.41) is 3.86. The van der Waals surface area contributed by atoms with Crippen LogP contribution in [0.1, 0.15) is 5.56 Å². The highest BCUT2D eigenvalue weighted by Gasteiger charge is 2.20. The van der Waals surface area contributed by atoms with E-state index >= 15 is 0 Å². The van der Waals surface area contributed by atoms with Crippen LogP contribution >= 0.6 is 27.3 Å². The standard InChI is InChI=1S/C13H10BrN3OS/c1-7-6-9(19-12(7)14)11-10(13(15)17-18-11)8-4-2-3-5-16-8/h2-6H,1H3,(H2,15,17). The Hall–Kier alpha value is -1.66. The van der Waals surface area contributed by atoms with Gasteiger partial charge in [-0.05, 0) is 46.6 Å². The third-order valence-corrected chi connectivity index (χ3v) is 4.86. The van der Waals surface area contributed by atoms with Gasteiger partial charge in [0.1, 0.15) is 0 Å². The van der Waals surface area contributed by atoms with Crippen molar-refractivity contribution in [3.8, 4) is 21.9 Å². The van der Waals surface area contributed by atoms with Crippen LogP contribution in [-0.4, -0.2) is 10.1 Å². The van der Waals surface area contributed by atoms with Crippen LogP contribution < -0.4 is 5.73 Å². The van der Waals surface area contributed by atoms with Crippen LogP contribution in [-0.2, 0) is 0 Å². The van der Waals surface area contributed by atoms with Gasteiger partial charge in [0.25, 0.3) is 0 Å². The Labute approximate surface area is 122 Å². The van der Waals surface area contributed by atoms with E-state index in [1.807, 2.05) is 31.2 Å². The maximum Gasteiger partial charge on any atom is 0.188 e. The maximum atomic E-state index is 5.90. The Bertz CT molecular complexity index is 701. The molecule has 3 rings (SSSR count). The first-order chi connectivity index (χ1) is 9.16. The van der Waals surface area contributed by atoms with E-state index in [1.54, 1.807) is 17.5 Å². The van der Waals surface area contributed by atoms with Crippen LogP contribution in [0.2, 0.25) is 0 Å². The number of hydrogen-bond acceptors (Lipinski definition) is 5. The summed E-state index contributed by atoms with van der Waals surface area (Å²) in [6, 6.07) is 7.70. The van der Waals surface area contributed by atoms with Gasteiger partial charge in [0, 0.05) is 6.20 Å². The van der Waals surface area contributed by atoms with E-state index in [0.29, 0.717) is 11.6 Å². The van der Waals surface area contributed by atoms with Gasteiger partial charge >= 0.3 is 0 Å². The zero-order chi connectivity index (χ0) is 13.4. The number of pyridine rings is 1. The van der Waals surface area contributed by atoms with Gasteiger partial charge in [-0.1, -0.05) is 11.2 Å². The zero-order valence-electron chi connectivity index (χ0n) is 10.1. The van der Waals surface area contributed by atoms with Gasteiger partial charge in [-0.15, -0.1) is 11.3 Å². The molecule has 0 aliphatic heterocycles. The zero-order valence-corrected chi connectivity index (χ0v) is 12.5. The second-order valence-electron chi connectivity index (χ2n) is 4.05. The van der Waals surface area contributed by atoms with Crippen LogP contribution in [0.15, 0.2) is 38.8 Å². The van der Waals surface area contributed by atoms with Gasteiger partial charge in [0.15, 0.2) is 11.6 Å². The molecule has 19 heavy (non-hydrogen) atoms. The minimum atomic E-state index is 0.357. The second kappa shape index (κ2) is 4.79. The molecule has 0 radical (unpaired) electrons. The molecular weight excluding hydrogens is 326 g/mol. The topological polar surface area (TPSA) is 64.9 Å². The molecule has 0 amide bonds. The normalized spacial score (nSPS) is 10.8. The Morgan fingerprint density at radius 2 is 2.21 bits per heavy atom. The average molecular weight is 336 g/mol. The number of anilines is 1. The number of thiophene rings is 1. The molecule has 0 bridgehead atoms. The number of aromatic nitrogens is 2. The molecule has 0 atom stereocenters. The van der Waals surface area contributed by atoms with E-state index in [-0.39, 0.29) is 0 Å². The lowest BCUT2D eigenvalue weighted by Crippen LogP contribution is -1.90. The largest absolute Gasteiger partial charge is 0.380 e. The summed E-state index contributed by atoms with van der Waals surface area (Å²) < 4.78 is 6.45. The van der Waals surface area contributed by atoms with Crippen LogP contribution in [0, 0.1) is 6.92 Å². The van der Waals surface area contributed by atoms with Crippen molar-refractivity contribution >= 4 is 33.1 Å². The number of hydrogen-bond donors (Lipinski definition) is 1. The Morgan fingerprint density at radius 1 is 1.37 bits per heavy atom. The fourth-order valence-corrected chi connectivity index (χ4v) is 3.32. The van der Waals surface area contributed by atoms with E-state index in [9.17, 15) is 0 Å². The molecule has 3 aromatic heterocycles. The van der Waals surface area contributed by atoms with Gasteiger partial charge in [0.05, 0.1) is 19.9 Å². The predicted octanol–water partition coefficient (Wildman–Crippen LogP) is 4.12. The Balaban J connectivity index is 2.19. The molecule has 3 aromatic rings. The lowest BCUT2D eigenvalue weighted by molar-refractivity contribution is 0.437. The molecule has 0 fully saturated rings. The molecule has 3 heterocycles. The van der Waals surface area contributed by atoms with Crippen molar-refractivity contribution in [2.75, 3.05) is 5.73 Å². The summed E-state index contributed by atoms with van der Waals surface area (Å²) in [5.74, 6) is 1.02. The molecule has 0 saturated heterocycles. The van der Waals surface area contributed by atoms with Crippen LogP contribution in [0.25, 0.3) is 21.9 Å². The van der Waals surface area contributed by atoms with E-state index in [1.165, 1.54) is 0 Å². The molecule has 96 valence electrons. The predicted molar refractivity (Wildman–Crippen MR) is 79.9 cm³/mol. The first-order valence-electron chi connectivity index (χ1n) is 5.59. The monoisotopic (exact) mass is 335 g/mol. The number of aryl methyl sites for hydroxylation is 1. The van der Waals surface area contributed by atoms with Crippen molar-refractivity contribution < 1.29 is 4.52 Å². The number of nitrogen functional groups attached to an aromatic ring is 1. The van der Waals surface area contributed by atoms with Crippen molar-refractivity contribution in [3.63, 3.8) is 0 Å². The van der Waals surface area contributed by atoms with Crippen molar-refractivity contribution in [1.82, 2.24) is 10.1 Å². The quantitative estimate of drug-likeness (QED) is 0.765. The van der Waals surface area contributed by atoms with Crippen molar-refractivity contribution in [2.24, 2.45) is 0 Å². The van der Waals surface area contributed by atoms with Gasteiger partial charge in [-0.25, -0.2) is 0 Å². The summed E-state index contributed by atoms with van der Waals surface area (Å²) >= 11 is 5.10. The highest BCUT2D eigenvalue weighted by Crippen LogP contribution is 2.41. The van der Waals surface area contributed by atoms with E-state index in [0.717, 1.165) is 25.5 Å². The average Bonchev–Trinajstić information content (AvgIpc) is 2.95. The molecule has 0 aromatic carbocycles. The molecular formula is C13H10BrN3OS. The lowest BCUT2D eigenvalue weighted by atomic mass is 10.1. The summed E-state index contributed by atoms with van der Waals surface area (Å²) in [7, 11) is 0. The highest BCUT2D eigenvalue weighted by molar-refractivity contribution is 9.11.